The lowest BCUT2D eigenvalue weighted by Gasteiger charge is -2.46. The normalized spacial score (nSPS) is 30.5. The minimum Gasteiger partial charge on any atom is -0.386 e. The van der Waals surface area contributed by atoms with Crippen LogP contribution in [0.3, 0.4) is 0 Å². The van der Waals surface area contributed by atoms with Gasteiger partial charge in [-0.3, -0.25) is 14.4 Å². The summed E-state index contributed by atoms with van der Waals surface area (Å²) in [4.78, 5) is 40.6. The summed E-state index contributed by atoms with van der Waals surface area (Å²) >= 11 is 0. The van der Waals surface area contributed by atoms with E-state index in [-0.39, 0.29) is 11.7 Å². The Morgan fingerprint density at radius 3 is 2.57 bits per heavy atom. The van der Waals surface area contributed by atoms with Crippen molar-refractivity contribution in [2.75, 3.05) is 11.9 Å². The number of carbonyl (C=O) groups is 3. The molecular weight excluding hydrogens is 356 g/mol. The molecule has 0 saturated heterocycles. The second-order valence-corrected chi connectivity index (χ2v) is 9.23. The third-order valence-corrected chi connectivity index (χ3v) is 6.94. The fraction of sp³-hybridized carbons (Fsp3) is 0.500. The highest BCUT2D eigenvalue weighted by atomic mass is 16.3. The molecule has 3 atom stereocenters. The molecule has 2 bridgehead atoms. The minimum atomic E-state index is -1.48. The van der Waals surface area contributed by atoms with Crippen molar-refractivity contribution in [1.82, 2.24) is 5.32 Å². The number of hydrogen-bond donors (Lipinski definition) is 2. The molecule has 6 nitrogen and oxygen atoms in total. The van der Waals surface area contributed by atoms with E-state index in [0.29, 0.717) is 24.0 Å². The summed E-state index contributed by atoms with van der Waals surface area (Å²) in [7, 11) is 1.74. The monoisotopic (exact) mass is 382 g/mol. The van der Waals surface area contributed by atoms with E-state index < -0.39 is 28.4 Å². The Bertz CT molecular complexity index is 940. The molecule has 0 saturated carbocycles. The molecule has 0 spiro atoms. The van der Waals surface area contributed by atoms with Crippen LogP contribution in [0, 0.1) is 11.3 Å². The standard InChI is InChI=1S/C22H26N2O4/c1-20(2)13-9-10-15(21(3,4)28)22(18(13)26,23-11-25)12-7-6-8-14-16(12)17(20)19(27)24(14)5/h6-8,10-11,13,17,28H,9H2,1-5H3,(H,23,25)/t13-,17?,22-/m0/s1. The van der Waals surface area contributed by atoms with Gasteiger partial charge < -0.3 is 15.3 Å². The number of aliphatic hydroxyl groups is 1. The zero-order valence-electron chi connectivity index (χ0n) is 16.9. The van der Waals surface area contributed by atoms with Crippen LogP contribution in [-0.4, -0.2) is 35.9 Å². The van der Waals surface area contributed by atoms with Crippen LogP contribution in [0.25, 0.3) is 0 Å². The van der Waals surface area contributed by atoms with Gasteiger partial charge in [-0.25, -0.2) is 0 Å². The number of nitrogens with one attached hydrogen (secondary N) is 1. The first-order valence-electron chi connectivity index (χ1n) is 9.59. The van der Waals surface area contributed by atoms with Gasteiger partial charge in [0.25, 0.3) is 0 Å². The maximum atomic E-state index is 13.9. The lowest BCUT2D eigenvalue weighted by molar-refractivity contribution is -0.137. The highest BCUT2D eigenvalue weighted by Gasteiger charge is 2.63. The molecule has 0 fully saturated rings. The van der Waals surface area contributed by atoms with Crippen LogP contribution >= 0.6 is 0 Å². The van der Waals surface area contributed by atoms with Crippen molar-refractivity contribution in [3.05, 3.63) is 41.0 Å². The van der Waals surface area contributed by atoms with Gasteiger partial charge in [0.2, 0.25) is 12.3 Å². The van der Waals surface area contributed by atoms with Crippen LogP contribution in [-0.2, 0) is 19.9 Å². The van der Waals surface area contributed by atoms with E-state index in [1.54, 1.807) is 37.9 Å². The molecule has 1 aliphatic heterocycles. The van der Waals surface area contributed by atoms with E-state index in [4.69, 9.17) is 0 Å². The maximum absolute atomic E-state index is 13.9. The number of rotatable bonds is 3. The molecule has 0 radical (unpaired) electrons. The summed E-state index contributed by atoms with van der Waals surface area (Å²) in [5.41, 5.74) is -0.861. The molecule has 0 aromatic heterocycles. The molecule has 6 heteroatoms. The summed E-state index contributed by atoms with van der Waals surface area (Å²) in [5, 5.41) is 13.7. The van der Waals surface area contributed by atoms with Crippen LogP contribution in [0.5, 0.6) is 0 Å². The second kappa shape index (κ2) is 5.54. The van der Waals surface area contributed by atoms with E-state index in [2.05, 4.69) is 5.32 Å². The number of nitrogens with zero attached hydrogens (tertiary/aromatic N) is 1. The number of Topliss-reactive ketones (excluding diaryl/α,β-unsaturated/α-hetero) is 1. The molecule has 28 heavy (non-hydrogen) atoms. The van der Waals surface area contributed by atoms with Gasteiger partial charge in [0.1, 0.15) is 5.54 Å². The number of anilines is 1. The minimum absolute atomic E-state index is 0.0427. The first-order chi connectivity index (χ1) is 13.0. The number of benzene rings is 1. The second-order valence-electron chi connectivity index (χ2n) is 9.23. The third-order valence-electron chi connectivity index (χ3n) is 6.94. The van der Waals surface area contributed by atoms with Crippen molar-refractivity contribution in [1.29, 1.82) is 0 Å². The Morgan fingerprint density at radius 1 is 1.29 bits per heavy atom. The predicted octanol–water partition coefficient (Wildman–Crippen LogP) is 2.01. The number of fused-ring (bicyclic) bond motifs is 3. The fourth-order valence-corrected chi connectivity index (χ4v) is 5.64. The number of hydrogen-bond acceptors (Lipinski definition) is 4. The fourth-order valence-electron chi connectivity index (χ4n) is 5.64. The zero-order valence-corrected chi connectivity index (χ0v) is 16.9. The molecule has 148 valence electrons. The predicted molar refractivity (Wildman–Crippen MR) is 105 cm³/mol. The van der Waals surface area contributed by atoms with E-state index >= 15 is 0 Å². The average molecular weight is 382 g/mol. The van der Waals surface area contributed by atoms with E-state index in [1.165, 1.54) is 0 Å². The maximum Gasteiger partial charge on any atom is 0.234 e. The van der Waals surface area contributed by atoms with Crippen molar-refractivity contribution in [3.63, 3.8) is 0 Å². The van der Waals surface area contributed by atoms with Crippen LogP contribution in [0.1, 0.15) is 51.2 Å². The molecule has 2 aliphatic carbocycles. The van der Waals surface area contributed by atoms with E-state index in [0.717, 1.165) is 11.3 Å². The first-order valence-corrected chi connectivity index (χ1v) is 9.59. The number of ketones is 1. The topological polar surface area (TPSA) is 86.7 Å². The van der Waals surface area contributed by atoms with Gasteiger partial charge in [0.15, 0.2) is 5.78 Å². The van der Waals surface area contributed by atoms with Crippen molar-refractivity contribution in [2.24, 2.45) is 11.3 Å². The number of likely N-dealkylation sites (N-methyl/N-ethyl adjacent to an activating group) is 1. The van der Waals surface area contributed by atoms with E-state index in [9.17, 15) is 19.5 Å². The third kappa shape index (κ3) is 2.04. The van der Waals surface area contributed by atoms with Crippen LogP contribution in [0.15, 0.2) is 29.8 Å². The van der Waals surface area contributed by atoms with Gasteiger partial charge in [-0.1, -0.05) is 32.1 Å². The van der Waals surface area contributed by atoms with Gasteiger partial charge in [-0.15, -0.1) is 0 Å². The Kier molecular flexibility index (Phi) is 3.73. The summed E-state index contributed by atoms with van der Waals surface area (Å²) in [6.07, 6.45) is 2.82. The lowest BCUT2D eigenvalue weighted by Crippen LogP contribution is -2.59. The molecule has 4 rings (SSSR count). The van der Waals surface area contributed by atoms with Gasteiger partial charge in [-0.05, 0) is 48.4 Å². The van der Waals surface area contributed by atoms with Crippen molar-refractivity contribution >= 4 is 23.8 Å². The zero-order chi connectivity index (χ0) is 20.6. The highest BCUT2D eigenvalue weighted by molar-refractivity contribution is 6.09. The van der Waals surface area contributed by atoms with Crippen molar-refractivity contribution < 1.29 is 19.5 Å². The van der Waals surface area contributed by atoms with Gasteiger partial charge in [-0.2, -0.15) is 0 Å². The molecule has 1 aromatic rings. The molecule has 2 amide bonds. The van der Waals surface area contributed by atoms with Crippen LogP contribution in [0.2, 0.25) is 0 Å². The summed E-state index contributed by atoms with van der Waals surface area (Å²) in [6.45, 7) is 7.15. The number of carbonyl (C=O) groups excluding carboxylic acids is 3. The first kappa shape index (κ1) is 18.9. The van der Waals surface area contributed by atoms with Crippen LogP contribution in [0.4, 0.5) is 5.69 Å². The summed E-state index contributed by atoms with van der Waals surface area (Å²) in [6, 6.07) is 5.47. The average Bonchev–Trinajstić information content (AvgIpc) is 2.85. The Morgan fingerprint density at radius 2 is 1.96 bits per heavy atom. The quantitative estimate of drug-likeness (QED) is 0.619. The highest BCUT2D eigenvalue weighted by Crippen LogP contribution is 2.60. The van der Waals surface area contributed by atoms with Crippen molar-refractivity contribution in [3.8, 4) is 0 Å². The number of allylic oxidation sites excluding steroid dienone is 1. The molecule has 1 aromatic carbocycles. The van der Waals surface area contributed by atoms with Crippen LogP contribution < -0.4 is 10.2 Å². The Hall–Kier alpha value is -2.47. The van der Waals surface area contributed by atoms with E-state index in [1.807, 2.05) is 26.0 Å². The smallest absolute Gasteiger partial charge is 0.234 e. The van der Waals surface area contributed by atoms with Crippen molar-refractivity contribution in [2.45, 2.75) is 51.2 Å². The molecule has 2 N–H and O–H groups in total. The van der Waals surface area contributed by atoms with Gasteiger partial charge in [0.05, 0.1) is 11.5 Å². The SMILES string of the molecule is CN1C(=O)C2c3c1cccc3[C@@]1(NC=O)C(=O)[C@H](CC=C1C(C)(C)O)C2(C)C. The Labute approximate surface area is 164 Å². The Balaban J connectivity index is 2.18. The molecule has 1 heterocycles. The lowest BCUT2D eigenvalue weighted by atomic mass is 9.60. The summed E-state index contributed by atoms with van der Waals surface area (Å²) in [5.74, 6) is -1.16. The van der Waals surface area contributed by atoms with Gasteiger partial charge in [0, 0.05) is 18.7 Å². The summed E-state index contributed by atoms with van der Waals surface area (Å²) < 4.78 is 0. The van der Waals surface area contributed by atoms with Gasteiger partial charge >= 0.3 is 0 Å². The number of amides is 2. The molecule has 3 aliphatic rings. The molecule has 1 unspecified atom stereocenters. The molecular formula is C22H26N2O4. The largest absolute Gasteiger partial charge is 0.386 e.